The van der Waals surface area contributed by atoms with Crippen molar-refractivity contribution in [3.63, 3.8) is 0 Å². The zero-order valence-corrected chi connectivity index (χ0v) is 12.3. The summed E-state index contributed by atoms with van der Waals surface area (Å²) in [6.45, 7) is 4.68. The number of nitrogens with zero attached hydrogens (tertiary/aromatic N) is 1. The van der Waals surface area contributed by atoms with Crippen molar-refractivity contribution in [2.24, 2.45) is 5.41 Å². The molecule has 0 amide bonds. The molecule has 18 heavy (non-hydrogen) atoms. The zero-order chi connectivity index (χ0) is 13.6. The molecule has 0 heterocycles. The Labute approximate surface area is 116 Å². The molecular weight excluding hydrogens is 295 g/mol. The molecule has 0 atom stereocenters. The van der Waals surface area contributed by atoms with Gasteiger partial charge in [0.25, 0.3) is 0 Å². The molecule has 4 heteroatoms. The average Bonchev–Trinajstić information content (AvgIpc) is 2.33. The molecular formula is C14H18BrFN2. The van der Waals surface area contributed by atoms with Gasteiger partial charge in [-0.05, 0) is 60.8 Å². The highest BCUT2D eigenvalue weighted by atomic mass is 79.9. The van der Waals surface area contributed by atoms with E-state index in [1.54, 1.807) is 6.07 Å². The number of unbranched alkanes of at least 4 members (excludes halogenated alkanes) is 1. The van der Waals surface area contributed by atoms with E-state index in [9.17, 15) is 4.39 Å². The largest absolute Gasteiger partial charge is 0.384 e. The zero-order valence-electron chi connectivity index (χ0n) is 10.8. The van der Waals surface area contributed by atoms with Gasteiger partial charge in [0.1, 0.15) is 5.82 Å². The van der Waals surface area contributed by atoms with Crippen LogP contribution < -0.4 is 5.32 Å². The lowest BCUT2D eigenvalue weighted by molar-refractivity contribution is 0.430. The maximum atomic E-state index is 13.0. The molecule has 1 aromatic carbocycles. The van der Waals surface area contributed by atoms with E-state index in [4.69, 9.17) is 5.26 Å². The van der Waals surface area contributed by atoms with Crippen molar-refractivity contribution in [2.75, 3.05) is 11.9 Å². The predicted octanol–water partition coefficient (Wildman–Crippen LogP) is 4.72. The first-order valence-electron chi connectivity index (χ1n) is 6.05. The second-order valence-corrected chi connectivity index (χ2v) is 5.86. The number of nitriles is 1. The van der Waals surface area contributed by atoms with Crippen LogP contribution in [-0.4, -0.2) is 6.54 Å². The second kappa shape index (κ2) is 6.75. The van der Waals surface area contributed by atoms with Crippen LogP contribution in [0.1, 0.15) is 33.1 Å². The third-order valence-electron chi connectivity index (χ3n) is 2.78. The van der Waals surface area contributed by atoms with Crippen LogP contribution in [0.15, 0.2) is 22.7 Å². The van der Waals surface area contributed by atoms with Crippen LogP contribution in [0.5, 0.6) is 0 Å². The summed E-state index contributed by atoms with van der Waals surface area (Å²) in [6.07, 6.45) is 2.84. The van der Waals surface area contributed by atoms with E-state index in [-0.39, 0.29) is 11.2 Å². The first-order chi connectivity index (χ1) is 8.44. The van der Waals surface area contributed by atoms with Crippen LogP contribution in [0, 0.1) is 22.6 Å². The Balaban J connectivity index is 2.30. The van der Waals surface area contributed by atoms with Gasteiger partial charge in [0.15, 0.2) is 0 Å². The SMILES string of the molecule is CC(C)(C#N)CCCCNc1cc(F)ccc1Br. The van der Waals surface area contributed by atoms with Crippen LogP contribution in [0.3, 0.4) is 0 Å². The van der Waals surface area contributed by atoms with Gasteiger partial charge in [0.2, 0.25) is 0 Å². The first-order valence-corrected chi connectivity index (χ1v) is 6.84. The fourth-order valence-corrected chi connectivity index (χ4v) is 1.99. The molecule has 0 aliphatic heterocycles. The summed E-state index contributed by atoms with van der Waals surface area (Å²) in [7, 11) is 0. The van der Waals surface area contributed by atoms with E-state index >= 15 is 0 Å². The minimum absolute atomic E-state index is 0.244. The Morgan fingerprint density at radius 3 is 2.78 bits per heavy atom. The van der Waals surface area contributed by atoms with E-state index in [2.05, 4.69) is 27.3 Å². The van der Waals surface area contributed by atoms with Crippen molar-refractivity contribution in [3.05, 3.63) is 28.5 Å². The highest BCUT2D eigenvalue weighted by Gasteiger charge is 2.15. The van der Waals surface area contributed by atoms with E-state index in [0.29, 0.717) is 0 Å². The maximum absolute atomic E-state index is 13.0. The monoisotopic (exact) mass is 312 g/mol. The van der Waals surface area contributed by atoms with Gasteiger partial charge in [-0.25, -0.2) is 4.39 Å². The maximum Gasteiger partial charge on any atom is 0.125 e. The summed E-state index contributed by atoms with van der Waals surface area (Å²) >= 11 is 3.37. The predicted molar refractivity (Wildman–Crippen MR) is 75.8 cm³/mol. The lowest BCUT2D eigenvalue weighted by Crippen LogP contribution is -2.09. The van der Waals surface area contributed by atoms with Crippen LogP contribution in [-0.2, 0) is 0 Å². The smallest absolute Gasteiger partial charge is 0.125 e. The molecule has 0 aliphatic rings. The normalized spacial score (nSPS) is 11.1. The van der Waals surface area contributed by atoms with Crippen LogP contribution in [0.2, 0.25) is 0 Å². The first kappa shape index (κ1) is 15.0. The van der Waals surface area contributed by atoms with Crippen molar-refractivity contribution < 1.29 is 4.39 Å². The van der Waals surface area contributed by atoms with Crippen molar-refractivity contribution >= 4 is 21.6 Å². The molecule has 0 fully saturated rings. The molecule has 0 aromatic heterocycles. The molecule has 98 valence electrons. The van der Waals surface area contributed by atoms with E-state index < -0.39 is 0 Å². The second-order valence-electron chi connectivity index (χ2n) is 5.00. The van der Waals surface area contributed by atoms with Gasteiger partial charge < -0.3 is 5.32 Å². The molecule has 0 spiro atoms. The van der Waals surface area contributed by atoms with Gasteiger partial charge >= 0.3 is 0 Å². The number of rotatable bonds is 6. The molecule has 0 radical (unpaired) electrons. The summed E-state index contributed by atoms with van der Waals surface area (Å²) < 4.78 is 13.9. The number of halogens is 2. The number of benzene rings is 1. The van der Waals surface area contributed by atoms with Crippen molar-refractivity contribution in [1.82, 2.24) is 0 Å². The molecule has 0 bridgehead atoms. The molecule has 2 nitrogen and oxygen atoms in total. The standard InChI is InChI=1S/C14H18BrFN2/c1-14(2,10-17)7-3-4-8-18-13-9-11(16)5-6-12(13)15/h5-6,9,18H,3-4,7-8H2,1-2H3. The third-order valence-corrected chi connectivity index (χ3v) is 3.47. The van der Waals surface area contributed by atoms with Gasteiger partial charge in [-0.3, -0.25) is 0 Å². The summed E-state index contributed by atoms with van der Waals surface area (Å²) in [4.78, 5) is 0. The van der Waals surface area contributed by atoms with Crippen molar-refractivity contribution in [1.29, 1.82) is 5.26 Å². The number of hydrogen-bond acceptors (Lipinski definition) is 2. The lowest BCUT2D eigenvalue weighted by Gasteiger charge is -2.14. The summed E-state index contributed by atoms with van der Waals surface area (Å²) in [6, 6.07) is 6.88. The van der Waals surface area contributed by atoms with Gasteiger partial charge in [-0.15, -0.1) is 0 Å². The fourth-order valence-electron chi connectivity index (χ4n) is 1.60. The summed E-state index contributed by atoms with van der Waals surface area (Å²) in [5.41, 5.74) is 0.522. The Bertz CT molecular complexity index is 438. The molecule has 1 N–H and O–H groups in total. The van der Waals surface area contributed by atoms with E-state index in [0.717, 1.165) is 36.0 Å². The molecule has 0 saturated heterocycles. The van der Waals surface area contributed by atoms with E-state index in [1.165, 1.54) is 12.1 Å². The average molecular weight is 313 g/mol. The van der Waals surface area contributed by atoms with E-state index in [1.807, 2.05) is 13.8 Å². The van der Waals surface area contributed by atoms with Gasteiger partial charge in [-0.2, -0.15) is 5.26 Å². The molecule has 0 aliphatic carbocycles. The Kier molecular flexibility index (Phi) is 5.61. The molecule has 1 rings (SSSR count). The Morgan fingerprint density at radius 2 is 2.11 bits per heavy atom. The molecule has 1 aromatic rings. The topological polar surface area (TPSA) is 35.8 Å². The Morgan fingerprint density at radius 1 is 1.39 bits per heavy atom. The number of anilines is 1. The van der Waals surface area contributed by atoms with Crippen molar-refractivity contribution in [3.8, 4) is 6.07 Å². The van der Waals surface area contributed by atoms with Crippen LogP contribution in [0.25, 0.3) is 0 Å². The van der Waals surface area contributed by atoms with Gasteiger partial charge in [-0.1, -0.05) is 6.42 Å². The van der Waals surface area contributed by atoms with Gasteiger partial charge in [0.05, 0.1) is 17.2 Å². The van der Waals surface area contributed by atoms with Gasteiger partial charge in [0, 0.05) is 11.0 Å². The van der Waals surface area contributed by atoms with Crippen LogP contribution in [0.4, 0.5) is 10.1 Å². The number of hydrogen-bond donors (Lipinski definition) is 1. The van der Waals surface area contributed by atoms with Crippen LogP contribution >= 0.6 is 15.9 Å². The molecule has 0 unspecified atom stereocenters. The summed E-state index contributed by atoms with van der Waals surface area (Å²) in [5, 5.41) is 12.1. The highest BCUT2D eigenvalue weighted by Crippen LogP contribution is 2.24. The Hall–Kier alpha value is -1.08. The lowest BCUT2D eigenvalue weighted by atomic mass is 9.89. The summed E-state index contributed by atoms with van der Waals surface area (Å²) in [5.74, 6) is -0.244. The fraction of sp³-hybridized carbons (Fsp3) is 0.500. The minimum Gasteiger partial charge on any atom is -0.384 e. The third kappa shape index (κ3) is 5.05. The number of nitrogens with one attached hydrogen (secondary N) is 1. The quantitative estimate of drug-likeness (QED) is 0.771. The molecule has 0 saturated carbocycles. The van der Waals surface area contributed by atoms with Crippen molar-refractivity contribution in [2.45, 2.75) is 33.1 Å². The highest BCUT2D eigenvalue weighted by molar-refractivity contribution is 9.10. The minimum atomic E-state index is -0.251.